The Morgan fingerprint density at radius 1 is 1.42 bits per heavy atom. The van der Waals surface area contributed by atoms with Gasteiger partial charge in [-0.3, -0.25) is 5.41 Å². The van der Waals surface area contributed by atoms with E-state index < -0.39 is 0 Å². The number of nitrogens with two attached hydrogens (primary N) is 1. The summed E-state index contributed by atoms with van der Waals surface area (Å²) in [5.41, 5.74) is 6.26. The Kier molecular flexibility index (Phi) is 3.85. The Morgan fingerprint density at radius 2 is 2.16 bits per heavy atom. The molecule has 0 saturated carbocycles. The van der Waals surface area contributed by atoms with Crippen molar-refractivity contribution >= 4 is 22.9 Å². The molecule has 0 bridgehead atoms. The summed E-state index contributed by atoms with van der Waals surface area (Å²) in [5.74, 6) is -0.488. The standard InChI is InChI=1S/C14H16FN3S/c1-9(13-4-3-7-19-13)18(2)12-6-5-10(14(16)17)8-11(12)15/h3-9H,1-2H3,(H3,16,17). The first-order valence-electron chi connectivity index (χ1n) is 5.91. The van der Waals surface area contributed by atoms with Gasteiger partial charge in [0.15, 0.2) is 0 Å². The van der Waals surface area contributed by atoms with Gasteiger partial charge in [-0.05, 0) is 36.6 Å². The minimum atomic E-state index is -0.362. The largest absolute Gasteiger partial charge is 0.384 e. The summed E-state index contributed by atoms with van der Waals surface area (Å²) >= 11 is 1.65. The van der Waals surface area contributed by atoms with Crippen molar-refractivity contribution < 1.29 is 4.39 Å². The Morgan fingerprint density at radius 3 is 2.68 bits per heavy atom. The summed E-state index contributed by atoms with van der Waals surface area (Å²) in [6, 6.07) is 8.74. The average Bonchev–Trinajstić information content (AvgIpc) is 2.90. The summed E-state index contributed by atoms with van der Waals surface area (Å²) in [6.45, 7) is 2.03. The number of nitrogen functional groups attached to an aromatic ring is 1. The Balaban J connectivity index is 2.29. The maximum atomic E-state index is 14.1. The highest BCUT2D eigenvalue weighted by Gasteiger charge is 2.16. The topological polar surface area (TPSA) is 53.1 Å². The molecule has 0 aliphatic rings. The van der Waals surface area contributed by atoms with E-state index in [9.17, 15) is 4.39 Å². The van der Waals surface area contributed by atoms with E-state index in [0.717, 1.165) is 0 Å². The van der Waals surface area contributed by atoms with Gasteiger partial charge in [-0.25, -0.2) is 4.39 Å². The lowest BCUT2D eigenvalue weighted by molar-refractivity contribution is 0.612. The number of hydrogen-bond donors (Lipinski definition) is 2. The van der Waals surface area contributed by atoms with Crippen LogP contribution in [-0.2, 0) is 0 Å². The number of nitrogens with zero attached hydrogens (tertiary/aromatic N) is 1. The lowest BCUT2D eigenvalue weighted by Gasteiger charge is -2.26. The summed E-state index contributed by atoms with van der Waals surface area (Å²) in [5, 5.41) is 9.32. The molecular formula is C14H16FN3S. The van der Waals surface area contributed by atoms with Crippen molar-refractivity contribution in [1.82, 2.24) is 0 Å². The van der Waals surface area contributed by atoms with Crippen LogP contribution in [0.1, 0.15) is 23.4 Å². The molecule has 1 heterocycles. The van der Waals surface area contributed by atoms with Crippen LogP contribution in [0.25, 0.3) is 0 Å². The Hall–Kier alpha value is -1.88. The fourth-order valence-electron chi connectivity index (χ4n) is 1.89. The molecule has 0 aliphatic carbocycles. The molecule has 2 rings (SSSR count). The van der Waals surface area contributed by atoms with Crippen LogP contribution in [0, 0.1) is 11.2 Å². The molecule has 5 heteroatoms. The normalized spacial score (nSPS) is 12.2. The zero-order chi connectivity index (χ0) is 14.0. The van der Waals surface area contributed by atoms with Crippen LogP contribution in [0.2, 0.25) is 0 Å². The number of rotatable bonds is 4. The van der Waals surface area contributed by atoms with Crippen LogP contribution in [0.15, 0.2) is 35.7 Å². The molecule has 1 unspecified atom stereocenters. The van der Waals surface area contributed by atoms with Crippen LogP contribution < -0.4 is 10.6 Å². The van der Waals surface area contributed by atoms with Crippen molar-refractivity contribution in [3.05, 3.63) is 52.0 Å². The van der Waals surface area contributed by atoms with Crippen LogP contribution >= 0.6 is 11.3 Å². The first kappa shape index (κ1) is 13.5. The van der Waals surface area contributed by atoms with Gasteiger partial charge in [0.05, 0.1) is 11.7 Å². The molecule has 3 N–H and O–H groups in total. The second-order valence-corrected chi connectivity index (χ2v) is 5.36. The monoisotopic (exact) mass is 277 g/mol. The van der Waals surface area contributed by atoms with Crippen molar-refractivity contribution in [3.63, 3.8) is 0 Å². The van der Waals surface area contributed by atoms with E-state index >= 15 is 0 Å². The highest BCUT2D eigenvalue weighted by Crippen LogP contribution is 2.30. The van der Waals surface area contributed by atoms with E-state index in [1.165, 1.54) is 10.9 Å². The van der Waals surface area contributed by atoms with E-state index in [1.54, 1.807) is 23.5 Å². The number of anilines is 1. The van der Waals surface area contributed by atoms with E-state index in [-0.39, 0.29) is 17.7 Å². The molecule has 0 amide bonds. The number of thiophene rings is 1. The highest BCUT2D eigenvalue weighted by atomic mass is 32.1. The molecule has 2 aromatic rings. The van der Waals surface area contributed by atoms with Gasteiger partial charge in [-0.1, -0.05) is 6.07 Å². The summed E-state index contributed by atoms with van der Waals surface area (Å²) in [6.07, 6.45) is 0. The minimum Gasteiger partial charge on any atom is -0.384 e. The number of amidine groups is 1. The van der Waals surface area contributed by atoms with Gasteiger partial charge in [0.1, 0.15) is 11.7 Å². The van der Waals surface area contributed by atoms with Crippen molar-refractivity contribution in [3.8, 4) is 0 Å². The quantitative estimate of drug-likeness (QED) is 0.665. The third-order valence-corrected chi connectivity index (χ3v) is 4.22. The predicted octanol–water partition coefficient (Wildman–Crippen LogP) is 3.37. The molecule has 3 nitrogen and oxygen atoms in total. The van der Waals surface area contributed by atoms with Gasteiger partial charge >= 0.3 is 0 Å². The van der Waals surface area contributed by atoms with Crippen LogP contribution in [-0.4, -0.2) is 12.9 Å². The summed E-state index contributed by atoms with van der Waals surface area (Å²) in [4.78, 5) is 3.06. The number of benzene rings is 1. The molecular weight excluding hydrogens is 261 g/mol. The molecule has 0 radical (unpaired) electrons. The zero-order valence-corrected chi connectivity index (χ0v) is 11.7. The number of halogens is 1. The fraction of sp³-hybridized carbons (Fsp3) is 0.214. The van der Waals surface area contributed by atoms with Gasteiger partial charge in [0, 0.05) is 17.5 Å². The average molecular weight is 277 g/mol. The molecule has 1 aromatic heterocycles. The summed E-state index contributed by atoms with van der Waals surface area (Å²) in [7, 11) is 1.86. The van der Waals surface area contributed by atoms with Gasteiger partial charge in [0.25, 0.3) is 0 Å². The number of nitrogens with one attached hydrogen (secondary N) is 1. The highest BCUT2D eigenvalue weighted by molar-refractivity contribution is 7.10. The first-order chi connectivity index (χ1) is 9.00. The van der Waals surface area contributed by atoms with Gasteiger partial charge < -0.3 is 10.6 Å². The molecule has 0 saturated heterocycles. The maximum Gasteiger partial charge on any atom is 0.147 e. The molecule has 19 heavy (non-hydrogen) atoms. The summed E-state index contributed by atoms with van der Waals surface area (Å²) < 4.78 is 14.1. The lowest BCUT2D eigenvalue weighted by atomic mass is 10.1. The first-order valence-corrected chi connectivity index (χ1v) is 6.79. The van der Waals surface area contributed by atoms with Crippen molar-refractivity contribution in [2.45, 2.75) is 13.0 Å². The second kappa shape index (κ2) is 5.40. The Labute approximate surface area is 116 Å². The predicted molar refractivity (Wildman–Crippen MR) is 78.6 cm³/mol. The molecule has 1 aromatic carbocycles. The second-order valence-electron chi connectivity index (χ2n) is 4.38. The molecule has 100 valence electrons. The minimum absolute atomic E-state index is 0.0951. The zero-order valence-electron chi connectivity index (χ0n) is 10.9. The molecule has 1 atom stereocenters. The van der Waals surface area contributed by atoms with Crippen LogP contribution in [0.3, 0.4) is 0 Å². The van der Waals surface area contributed by atoms with Gasteiger partial charge in [-0.15, -0.1) is 11.3 Å². The SMILES string of the molecule is CC(c1cccs1)N(C)c1ccc(C(=N)N)cc1F. The van der Waals surface area contributed by atoms with Crippen molar-refractivity contribution in [1.29, 1.82) is 5.41 Å². The Bertz CT molecular complexity index is 580. The van der Waals surface area contributed by atoms with Crippen molar-refractivity contribution in [2.24, 2.45) is 5.73 Å². The number of hydrogen-bond acceptors (Lipinski definition) is 3. The van der Waals surface area contributed by atoms with E-state index in [0.29, 0.717) is 11.3 Å². The van der Waals surface area contributed by atoms with Crippen molar-refractivity contribution in [2.75, 3.05) is 11.9 Å². The smallest absolute Gasteiger partial charge is 0.147 e. The third-order valence-electron chi connectivity index (χ3n) is 3.17. The maximum absolute atomic E-state index is 14.1. The molecule has 0 fully saturated rings. The van der Waals surface area contributed by atoms with Crippen LogP contribution in [0.4, 0.5) is 10.1 Å². The van der Waals surface area contributed by atoms with Gasteiger partial charge in [0.2, 0.25) is 0 Å². The third kappa shape index (κ3) is 2.76. The van der Waals surface area contributed by atoms with E-state index in [1.807, 2.05) is 36.4 Å². The molecule has 0 aliphatic heterocycles. The lowest BCUT2D eigenvalue weighted by Crippen LogP contribution is -2.22. The van der Waals surface area contributed by atoms with E-state index in [2.05, 4.69) is 0 Å². The van der Waals surface area contributed by atoms with Crippen LogP contribution in [0.5, 0.6) is 0 Å². The van der Waals surface area contributed by atoms with Gasteiger partial charge in [-0.2, -0.15) is 0 Å². The van der Waals surface area contributed by atoms with E-state index in [4.69, 9.17) is 11.1 Å². The molecule has 0 spiro atoms. The fourth-order valence-corrected chi connectivity index (χ4v) is 2.72.